The number of rotatable bonds is 6. The zero-order chi connectivity index (χ0) is 21.6. The first-order chi connectivity index (χ1) is 15.1. The van der Waals surface area contributed by atoms with Gasteiger partial charge in [-0.1, -0.05) is 30.3 Å². The van der Waals surface area contributed by atoms with Gasteiger partial charge in [0.1, 0.15) is 12.7 Å². The third-order valence-electron chi connectivity index (χ3n) is 5.25. The summed E-state index contributed by atoms with van der Waals surface area (Å²) in [4.78, 5) is 30.4. The van der Waals surface area contributed by atoms with Crippen LogP contribution in [-0.4, -0.2) is 46.1 Å². The predicted octanol–water partition coefficient (Wildman–Crippen LogP) is 2.79. The number of carbonyl (C=O) groups excluding carboxylic acids is 2. The Morgan fingerprint density at radius 1 is 1.10 bits per heavy atom. The number of ether oxygens (including phenoxy) is 1. The van der Waals surface area contributed by atoms with Gasteiger partial charge in [0.15, 0.2) is 0 Å². The number of morpholine rings is 1. The second-order valence-corrected chi connectivity index (χ2v) is 7.35. The molecule has 1 fully saturated rings. The summed E-state index contributed by atoms with van der Waals surface area (Å²) in [7, 11) is 0. The summed E-state index contributed by atoms with van der Waals surface area (Å²) in [5.41, 5.74) is 2.76. The van der Waals surface area contributed by atoms with E-state index in [9.17, 15) is 14.7 Å². The second kappa shape index (κ2) is 9.51. The van der Waals surface area contributed by atoms with E-state index in [0.717, 1.165) is 5.56 Å². The minimum atomic E-state index is -0.926. The Balaban J connectivity index is 1.46. The lowest BCUT2D eigenvalue weighted by Gasteiger charge is -2.38. The molecule has 0 spiro atoms. The molecule has 2 atom stereocenters. The van der Waals surface area contributed by atoms with Crippen LogP contribution in [0.1, 0.15) is 27.6 Å². The number of aromatic nitrogens is 1. The Morgan fingerprint density at radius 3 is 2.52 bits per heavy atom. The molecule has 4 rings (SSSR count). The van der Waals surface area contributed by atoms with E-state index in [2.05, 4.69) is 10.3 Å². The molecule has 2 heterocycles. The van der Waals surface area contributed by atoms with E-state index in [4.69, 9.17) is 4.74 Å². The van der Waals surface area contributed by atoms with Crippen LogP contribution >= 0.6 is 0 Å². The van der Waals surface area contributed by atoms with E-state index < -0.39 is 12.1 Å². The first kappa shape index (κ1) is 20.7. The lowest BCUT2D eigenvalue weighted by molar-refractivity contribution is -0.155. The molecule has 0 saturated carbocycles. The van der Waals surface area contributed by atoms with Gasteiger partial charge in [-0.15, -0.1) is 0 Å². The van der Waals surface area contributed by atoms with Crippen LogP contribution in [0.3, 0.4) is 0 Å². The molecule has 0 aliphatic carbocycles. The lowest BCUT2D eigenvalue weighted by Crippen LogP contribution is -2.51. The van der Waals surface area contributed by atoms with Crippen LogP contribution in [0.5, 0.6) is 0 Å². The molecule has 2 aromatic carbocycles. The van der Waals surface area contributed by atoms with Crippen LogP contribution in [0.4, 0.5) is 5.69 Å². The number of hydrogen-bond donors (Lipinski definition) is 2. The van der Waals surface area contributed by atoms with Gasteiger partial charge in [-0.05, 0) is 47.5 Å². The summed E-state index contributed by atoms with van der Waals surface area (Å²) in [6.07, 6.45) is 2.42. The highest BCUT2D eigenvalue weighted by Gasteiger charge is 2.34. The third kappa shape index (κ3) is 4.96. The number of amides is 2. The van der Waals surface area contributed by atoms with Gasteiger partial charge >= 0.3 is 0 Å². The minimum absolute atomic E-state index is 0.00123. The summed E-state index contributed by atoms with van der Waals surface area (Å²) >= 11 is 0. The summed E-state index contributed by atoms with van der Waals surface area (Å²) in [6, 6.07) is 19.1. The quantitative estimate of drug-likeness (QED) is 0.644. The van der Waals surface area contributed by atoms with Crippen molar-refractivity contribution in [1.82, 2.24) is 9.88 Å². The molecule has 1 aliphatic heterocycles. The fourth-order valence-corrected chi connectivity index (χ4v) is 3.56. The summed E-state index contributed by atoms with van der Waals surface area (Å²) < 4.78 is 5.41. The predicted molar refractivity (Wildman–Crippen MR) is 115 cm³/mol. The molecule has 1 saturated heterocycles. The van der Waals surface area contributed by atoms with Crippen LogP contribution in [0, 0.1) is 0 Å². The monoisotopic (exact) mass is 417 g/mol. The molecule has 0 radical (unpaired) electrons. The number of benzene rings is 2. The Morgan fingerprint density at radius 2 is 1.81 bits per heavy atom. The van der Waals surface area contributed by atoms with Crippen molar-refractivity contribution in [3.63, 3.8) is 0 Å². The van der Waals surface area contributed by atoms with Crippen molar-refractivity contribution in [3.8, 4) is 0 Å². The van der Waals surface area contributed by atoms with Gasteiger partial charge in [0, 0.05) is 30.2 Å². The lowest BCUT2D eigenvalue weighted by atomic mass is 9.99. The van der Waals surface area contributed by atoms with Crippen molar-refractivity contribution in [2.45, 2.75) is 18.7 Å². The standard InChI is InChI=1S/C24H23N3O4/c28-22-16-31-15-21(27(22)14-17-10-12-25-13-11-17)23(29)18-6-8-20(9-7-18)26-24(30)19-4-2-1-3-5-19/h1-13,21,23,29H,14-16H2,(H,26,30)/t21-,23-/m1/s1. The van der Waals surface area contributed by atoms with Crippen LogP contribution in [0.15, 0.2) is 79.1 Å². The van der Waals surface area contributed by atoms with E-state index in [1.807, 2.05) is 18.2 Å². The van der Waals surface area contributed by atoms with Crippen LogP contribution in [0.25, 0.3) is 0 Å². The summed E-state index contributed by atoms with van der Waals surface area (Å²) in [5, 5.41) is 13.8. The Hall–Kier alpha value is -3.55. The summed E-state index contributed by atoms with van der Waals surface area (Å²) in [6.45, 7) is 0.612. The molecule has 7 heteroatoms. The SMILES string of the molecule is O=C(Nc1ccc([C@@H](O)[C@H]2COCC(=O)N2Cc2ccncc2)cc1)c1ccccc1. The van der Waals surface area contributed by atoms with Gasteiger partial charge < -0.3 is 20.1 Å². The number of nitrogens with zero attached hydrogens (tertiary/aromatic N) is 2. The van der Waals surface area contributed by atoms with E-state index in [-0.39, 0.29) is 25.0 Å². The number of pyridine rings is 1. The molecule has 0 bridgehead atoms. The van der Waals surface area contributed by atoms with Crippen LogP contribution in [0.2, 0.25) is 0 Å². The third-order valence-corrected chi connectivity index (χ3v) is 5.25. The van der Waals surface area contributed by atoms with Gasteiger partial charge in [0.2, 0.25) is 5.91 Å². The largest absolute Gasteiger partial charge is 0.386 e. The fourth-order valence-electron chi connectivity index (χ4n) is 3.56. The van der Waals surface area contributed by atoms with Gasteiger partial charge in [-0.2, -0.15) is 0 Å². The molecular weight excluding hydrogens is 394 g/mol. The number of aliphatic hydroxyl groups excluding tert-OH is 1. The van der Waals surface area contributed by atoms with Crippen LogP contribution in [-0.2, 0) is 16.1 Å². The van der Waals surface area contributed by atoms with Crippen molar-refractivity contribution < 1.29 is 19.4 Å². The highest BCUT2D eigenvalue weighted by molar-refractivity contribution is 6.04. The normalized spacial score (nSPS) is 17.3. The zero-order valence-corrected chi connectivity index (χ0v) is 16.8. The van der Waals surface area contributed by atoms with Crippen molar-refractivity contribution >= 4 is 17.5 Å². The van der Waals surface area contributed by atoms with Crippen molar-refractivity contribution in [2.75, 3.05) is 18.5 Å². The molecule has 7 nitrogen and oxygen atoms in total. The molecule has 3 aromatic rings. The van der Waals surface area contributed by atoms with Crippen LogP contribution < -0.4 is 5.32 Å². The fraction of sp³-hybridized carbons (Fsp3) is 0.208. The number of hydrogen-bond acceptors (Lipinski definition) is 5. The smallest absolute Gasteiger partial charge is 0.255 e. The topological polar surface area (TPSA) is 91.8 Å². The average molecular weight is 417 g/mol. The molecule has 2 N–H and O–H groups in total. The molecule has 0 unspecified atom stereocenters. The van der Waals surface area contributed by atoms with E-state index in [0.29, 0.717) is 23.4 Å². The minimum Gasteiger partial charge on any atom is -0.386 e. The first-order valence-electron chi connectivity index (χ1n) is 10.0. The van der Waals surface area contributed by atoms with Crippen molar-refractivity contribution in [2.24, 2.45) is 0 Å². The first-order valence-corrected chi connectivity index (χ1v) is 10.0. The van der Waals surface area contributed by atoms with Gasteiger partial charge in [-0.25, -0.2) is 0 Å². The van der Waals surface area contributed by atoms with Gasteiger partial charge in [0.05, 0.1) is 12.6 Å². The molecule has 2 amide bonds. The molecule has 158 valence electrons. The molecule has 31 heavy (non-hydrogen) atoms. The number of aliphatic hydroxyl groups is 1. The average Bonchev–Trinajstić information content (AvgIpc) is 2.82. The van der Waals surface area contributed by atoms with Gasteiger partial charge in [0.25, 0.3) is 5.91 Å². The number of carbonyl (C=O) groups is 2. The highest BCUT2D eigenvalue weighted by atomic mass is 16.5. The maximum absolute atomic E-state index is 12.5. The second-order valence-electron chi connectivity index (χ2n) is 7.35. The van der Waals surface area contributed by atoms with Crippen molar-refractivity contribution in [1.29, 1.82) is 0 Å². The Bertz CT molecular complexity index is 1030. The summed E-state index contributed by atoms with van der Waals surface area (Å²) in [5.74, 6) is -0.373. The van der Waals surface area contributed by atoms with E-state index in [1.54, 1.807) is 65.8 Å². The van der Waals surface area contributed by atoms with Crippen molar-refractivity contribution in [3.05, 3.63) is 95.8 Å². The van der Waals surface area contributed by atoms with E-state index >= 15 is 0 Å². The number of anilines is 1. The Labute approximate surface area is 180 Å². The molecular formula is C24H23N3O4. The molecule has 1 aromatic heterocycles. The molecule has 1 aliphatic rings. The maximum atomic E-state index is 12.5. The highest BCUT2D eigenvalue weighted by Crippen LogP contribution is 2.26. The number of nitrogens with one attached hydrogen (secondary N) is 1. The zero-order valence-electron chi connectivity index (χ0n) is 16.8. The maximum Gasteiger partial charge on any atom is 0.255 e. The van der Waals surface area contributed by atoms with Gasteiger partial charge in [-0.3, -0.25) is 14.6 Å². The Kier molecular flexibility index (Phi) is 6.35. The van der Waals surface area contributed by atoms with E-state index in [1.165, 1.54) is 0 Å².